The number of hydrogen-bond acceptors (Lipinski definition) is 3. The van der Waals surface area contributed by atoms with Gasteiger partial charge in [0.15, 0.2) is 5.69 Å². The highest BCUT2D eigenvalue weighted by molar-refractivity contribution is 14.1. The lowest BCUT2D eigenvalue weighted by molar-refractivity contribution is 0.0985. The molecule has 0 bridgehead atoms. The molecule has 1 atom stereocenters. The Morgan fingerprint density at radius 2 is 2.00 bits per heavy atom. The first-order valence-electron chi connectivity index (χ1n) is 6.00. The maximum atomic E-state index is 12.1. The van der Waals surface area contributed by atoms with Crippen LogP contribution in [0.3, 0.4) is 0 Å². The van der Waals surface area contributed by atoms with E-state index in [2.05, 4.69) is 15.6 Å². The Bertz CT molecular complexity index is 668. The van der Waals surface area contributed by atoms with Gasteiger partial charge in [-0.05, 0) is 28.2 Å². The number of rotatable bonds is 2. The topological polar surface area (TPSA) is 76.0 Å². The Hall–Kier alpha value is -1.90. The van der Waals surface area contributed by atoms with Crippen LogP contribution < -0.4 is 10.6 Å². The molecule has 1 unspecified atom stereocenters. The van der Waals surface area contributed by atoms with Crippen LogP contribution in [-0.2, 0) is 6.54 Å². The third-order valence-corrected chi connectivity index (χ3v) is 3.86. The number of hydrogen-bond donors (Lipinski definition) is 2. The zero-order valence-corrected chi connectivity index (χ0v) is 12.5. The van der Waals surface area contributed by atoms with Crippen LogP contribution in [0, 0.1) is 0 Å². The number of imidazole rings is 1. The van der Waals surface area contributed by atoms with Gasteiger partial charge >= 0.3 is 6.03 Å². The van der Waals surface area contributed by atoms with Crippen LogP contribution >= 0.6 is 22.6 Å². The molecule has 6 nitrogen and oxygen atoms in total. The molecule has 1 aliphatic heterocycles. The number of carbonyl (C=O) groups is 2. The van der Waals surface area contributed by atoms with Gasteiger partial charge in [-0.15, -0.1) is 0 Å². The highest BCUT2D eigenvalue weighted by Gasteiger charge is 2.30. The summed E-state index contributed by atoms with van der Waals surface area (Å²) >= 11 is 1.88. The van der Waals surface area contributed by atoms with Crippen LogP contribution in [-0.4, -0.2) is 25.4 Å². The van der Waals surface area contributed by atoms with Crippen LogP contribution in [0.1, 0.15) is 16.1 Å². The predicted octanol–water partition coefficient (Wildman–Crippen LogP) is 2.01. The Morgan fingerprint density at radius 3 is 2.75 bits per heavy atom. The van der Waals surface area contributed by atoms with Gasteiger partial charge in [-0.25, -0.2) is 9.78 Å². The summed E-state index contributed by atoms with van der Waals surface area (Å²) < 4.78 is 1.16. The number of amides is 2. The molecule has 2 aromatic rings. The van der Waals surface area contributed by atoms with Crippen LogP contribution in [0.2, 0.25) is 0 Å². The summed E-state index contributed by atoms with van der Waals surface area (Å²) in [7, 11) is 0. The van der Waals surface area contributed by atoms with Crippen molar-refractivity contribution < 1.29 is 9.59 Å². The maximum absolute atomic E-state index is 12.1. The number of nitrogens with one attached hydrogen (secondary N) is 2. The molecule has 3 rings (SSSR count). The molecule has 1 aromatic carbocycles. The molecule has 0 saturated carbocycles. The molecular formula is C13H11IN4O2. The Morgan fingerprint density at radius 1 is 1.25 bits per heavy atom. The smallest absolute Gasteiger partial charge is 0.319 e. The molecule has 0 spiro atoms. The number of ketones is 1. The van der Waals surface area contributed by atoms with E-state index in [4.69, 9.17) is 0 Å². The van der Waals surface area contributed by atoms with Crippen LogP contribution in [0.15, 0.2) is 36.7 Å². The first-order chi connectivity index (χ1) is 9.65. The molecule has 1 aromatic heterocycles. The van der Waals surface area contributed by atoms with Gasteiger partial charge in [-0.3, -0.25) is 10.1 Å². The van der Waals surface area contributed by atoms with Gasteiger partial charge in [-0.2, -0.15) is 0 Å². The van der Waals surface area contributed by atoms with E-state index in [0.29, 0.717) is 18.1 Å². The fourth-order valence-electron chi connectivity index (χ4n) is 2.04. The summed E-state index contributed by atoms with van der Waals surface area (Å²) in [6.07, 6.45) is 1.57. The van der Waals surface area contributed by atoms with Crippen LogP contribution in [0.5, 0.6) is 0 Å². The minimum Gasteiger partial charge on any atom is -0.319 e. The third-order valence-electron chi connectivity index (χ3n) is 2.99. The summed E-state index contributed by atoms with van der Waals surface area (Å²) in [5, 5.41) is 5.23. The van der Waals surface area contributed by atoms with Gasteiger partial charge < -0.3 is 9.88 Å². The summed E-state index contributed by atoms with van der Waals surface area (Å²) in [4.78, 5) is 27.9. The minimum atomic E-state index is -0.603. The third kappa shape index (κ3) is 2.40. The molecule has 2 amide bonds. The number of aromatic nitrogens is 2. The Labute approximate surface area is 128 Å². The normalized spacial score (nSPS) is 17.9. The largest absolute Gasteiger partial charge is 0.321 e. The first-order valence-corrected chi connectivity index (χ1v) is 7.24. The summed E-state index contributed by atoms with van der Waals surface area (Å²) in [5.41, 5.74) is 1.36. The maximum Gasteiger partial charge on any atom is 0.321 e. The van der Waals surface area contributed by atoms with E-state index in [1.807, 2.05) is 52.9 Å². The zero-order chi connectivity index (χ0) is 14.1. The zero-order valence-electron chi connectivity index (χ0n) is 10.3. The van der Waals surface area contributed by atoms with Gasteiger partial charge in [0.1, 0.15) is 9.87 Å². The predicted molar refractivity (Wildman–Crippen MR) is 82.1 cm³/mol. The lowest BCUT2D eigenvalue weighted by atomic mass is 10.2. The number of halogens is 1. The van der Waals surface area contributed by atoms with Crippen molar-refractivity contribution in [3.63, 3.8) is 0 Å². The van der Waals surface area contributed by atoms with Crippen molar-refractivity contribution in [2.75, 3.05) is 5.32 Å². The minimum absolute atomic E-state index is 0.203. The molecule has 102 valence electrons. The van der Waals surface area contributed by atoms with Crippen LogP contribution in [0.25, 0.3) is 0 Å². The van der Waals surface area contributed by atoms with Gasteiger partial charge in [0.2, 0.25) is 5.78 Å². The number of alkyl halides is 1. The fraction of sp³-hybridized carbons (Fsp3) is 0.154. The molecule has 7 heteroatoms. The molecule has 2 heterocycles. The summed E-state index contributed by atoms with van der Waals surface area (Å²) in [5.74, 6) is 0.237. The van der Waals surface area contributed by atoms with Crippen molar-refractivity contribution in [3.05, 3.63) is 47.9 Å². The number of fused-ring (bicyclic) bond motifs is 1. The van der Waals surface area contributed by atoms with E-state index in [9.17, 15) is 9.59 Å². The van der Waals surface area contributed by atoms with E-state index >= 15 is 0 Å². The lowest BCUT2D eigenvalue weighted by Gasteiger charge is -2.09. The van der Waals surface area contributed by atoms with E-state index < -0.39 is 10.1 Å². The molecule has 0 radical (unpaired) electrons. The average Bonchev–Trinajstić information content (AvgIpc) is 2.77. The second-order valence-corrected chi connectivity index (χ2v) is 5.63. The molecule has 20 heavy (non-hydrogen) atoms. The van der Waals surface area contributed by atoms with Crippen molar-refractivity contribution in [1.82, 2.24) is 14.9 Å². The highest BCUT2D eigenvalue weighted by Crippen LogP contribution is 2.22. The van der Waals surface area contributed by atoms with E-state index in [1.165, 1.54) is 0 Å². The number of carbonyl (C=O) groups excluding carboxylic acids is 2. The van der Waals surface area contributed by atoms with E-state index in [-0.39, 0.29) is 5.78 Å². The highest BCUT2D eigenvalue weighted by atomic mass is 127. The Balaban J connectivity index is 1.97. The van der Waals surface area contributed by atoms with Gasteiger partial charge in [0.25, 0.3) is 0 Å². The summed E-state index contributed by atoms with van der Waals surface area (Å²) in [6, 6.07) is 9.38. The molecular weight excluding hydrogens is 371 g/mol. The quantitative estimate of drug-likeness (QED) is 0.474. The van der Waals surface area contributed by atoms with Gasteiger partial charge in [0.05, 0.1) is 12.9 Å². The van der Waals surface area contributed by atoms with Crippen molar-refractivity contribution in [3.8, 4) is 0 Å². The van der Waals surface area contributed by atoms with Crippen molar-refractivity contribution >= 4 is 40.2 Å². The number of benzene rings is 1. The number of Topliss-reactive ketones (excluding diaryl/α,β-unsaturated/α-hetero) is 1. The van der Waals surface area contributed by atoms with Crippen molar-refractivity contribution in [2.45, 2.75) is 10.6 Å². The lowest BCUT2D eigenvalue weighted by Crippen LogP contribution is -2.36. The number of anilines is 1. The average molecular weight is 382 g/mol. The van der Waals surface area contributed by atoms with E-state index in [1.54, 1.807) is 10.9 Å². The standard InChI is InChI=1S/C13H11IN4O2/c14-11-10(19)9-12(17-13(20)16-11)18(7-15-9)6-8-4-2-1-3-5-8/h1-5,7,11H,6H2,(H2,16,17,20). The Kier molecular flexibility index (Phi) is 3.43. The molecule has 1 aliphatic rings. The monoisotopic (exact) mass is 382 g/mol. The summed E-state index contributed by atoms with van der Waals surface area (Å²) in [6.45, 7) is 0.544. The molecule has 2 N–H and O–H groups in total. The molecule has 0 saturated heterocycles. The van der Waals surface area contributed by atoms with Gasteiger partial charge in [-0.1, -0.05) is 30.3 Å². The van der Waals surface area contributed by atoms with Crippen LogP contribution in [0.4, 0.5) is 10.6 Å². The first kappa shape index (κ1) is 13.1. The van der Waals surface area contributed by atoms with Crippen molar-refractivity contribution in [1.29, 1.82) is 0 Å². The van der Waals surface area contributed by atoms with E-state index in [0.717, 1.165) is 5.56 Å². The fourth-order valence-corrected chi connectivity index (χ4v) is 2.62. The second-order valence-electron chi connectivity index (χ2n) is 4.38. The van der Waals surface area contributed by atoms with Crippen molar-refractivity contribution in [2.24, 2.45) is 0 Å². The van der Waals surface area contributed by atoms with Gasteiger partial charge in [0, 0.05) is 0 Å². The number of nitrogens with zero attached hydrogens (tertiary/aromatic N) is 2. The SMILES string of the molecule is O=C1Nc2c(ncn2Cc2ccccc2)C(=O)C(I)N1. The number of urea groups is 1. The molecule has 0 aliphatic carbocycles. The second kappa shape index (κ2) is 5.23. The molecule has 0 fully saturated rings.